The van der Waals surface area contributed by atoms with Crippen LogP contribution in [0, 0.1) is 19.7 Å². The van der Waals surface area contributed by atoms with Crippen LogP contribution in [0.4, 0.5) is 4.39 Å². The number of hydrogen-bond donors (Lipinski definition) is 2. The van der Waals surface area contributed by atoms with Crippen LogP contribution in [0.5, 0.6) is 11.5 Å². The van der Waals surface area contributed by atoms with Crippen molar-refractivity contribution in [1.29, 1.82) is 0 Å². The van der Waals surface area contributed by atoms with Crippen LogP contribution in [-0.4, -0.2) is 36.7 Å². The van der Waals surface area contributed by atoms with E-state index in [1.54, 1.807) is 26.0 Å². The lowest BCUT2D eigenvalue weighted by Gasteiger charge is -2.13. The molecule has 2 rings (SSSR count). The van der Waals surface area contributed by atoms with Crippen molar-refractivity contribution in [1.82, 2.24) is 5.32 Å². The van der Waals surface area contributed by atoms with Gasteiger partial charge in [-0.05, 0) is 61.4 Å². The number of hydrogen-bond acceptors (Lipinski definition) is 4. The summed E-state index contributed by atoms with van der Waals surface area (Å²) in [4.78, 5) is 22.8. The summed E-state index contributed by atoms with van der Waals surface area (Å²) in [5, 5.41) is 11.4. The Kier molecular flexibility index (Phi) is 6.54. The lowest BCUT2D eigenvalue weighted by atomic mass is 10.1. The fourth-order valence-electron chi connectivity index (χ4n) is 2.41. The number of amides is 1. The summed E-state index contributed by atoms with van der Waals surface area (Å²) in [6.45, 7) is 3.59. The average molecular weight is 361 g/mol. The van der Waals surface area contributed by atoms with Gasteiger partial charge < -0.3 is 19.9 Å². The standard InChI is InChI=1S/C19H20FNO5/c1-12-9-14(10-13(2)18(12)26-11-17(22)23)19(24)21-7-8-25-16-5-3-15(20)4-6-16/h3-6,9-10H,7-8,11H2,1-2H3,(H,21,24)(H,22,23). The first-order chi connectivity index (χ1) is 12.4. The van der Waals surface area contributed by atoms with E-state index in [1.807, 2.05) is 0 Å². The fraction of sp³-hybridized carbons (Fsp3) is 0.263. The first kappa shape index (κ1) is 19.2. The number of nitrogens with one attached hydrogen (secondary N) is 1. The van der Waals surface area contributed by atoms with Gasteiger partial charge in [-0.3, -0.25) is 4.79 Å². The number of halogens is 1. The van der Waals surface area contributed by atoms with Gasteiger partial charge in [0.15, 0.2) is 6.61 Å². The molecule has 0 heterocycles. The molecule has 2 aromatic carbocycles. The summed E-state index contributed by atoms with van der Waals surface area (Å²) < 4.78 is 23.5. The maximum atomic E-state index is 12.8. The molecule has 0 fully saturated rings. The van der Waals surface area contributed by atoms with Crippen LogP contribution in [0.2, 0.25) is 0 Å². The minimum absolute atomic E-state index is 0.245. The second-order valence-corrected chi connectivity index (χ2v) is 5.68. The summed E-state index contributed by atoms with van der Waals surface area (Å²) in [6.07, 6.45) is 0. The van der Waals surface area contributed by atoms with Gasteiger partial charge >= 0.3 is 5.97 Å². The molecule has 0 aliphatic carbocycles. The largest absolute Gasteiger partial charge is 0.492 e. The highest BCUT2D eigenvalue weighted by atomic mass is 19.1. The molecular formula is C19H20FNO5. The third-order valence-electron chi connectivity index (χ3n) is 3.53. The van der Waals surface area contributed by atoms with Crippen LogP contribution in [0.3, 0.4) is 0 Å². The number of carboxylic acid groups (broad SMARTS) is 1. The highest BCUT2D eigenvalue weighted by Crippen LogP contribution is 2.24. The van der Waals surface area contributed by atoms with Gasteiger partial charge in [-0.2, -0.15) is 0 Å². The van der Waals surface area contributed by atoms with Crippen LogP contribution >= 0.6 is 0 Å². The Morgan fingerprint density at radius 1 is 1.08 bits per heavy atom. The summed E-state index contributed by atoms with van der Waals surface area (Å²) >= 11 is 0. The van der Waals surface area contributed by atoms with Gasteiger partial charge in [0, 0.05) is 5.56 Å². The molecule has 0 saturated carbocycles. The van der Waals surface area contributed by atoms with Crippen LogP contribution in [0.1, 0.15) is 21.5 Å². The van der Waals surface area contributed by atoms with E-state index in [4.69, 9.17) is 14.6 Å². The van der Waals surface area contributed by atoms with Crippen molar-refractivity contribution in [3.8, 4) is 11.5 Å². The maximum Gasteiger partial charge on any atom is 0.341 e. The van der Waals surface area contributed by atoms with Gasteiger partial charge in [-0.1, -0.05) is 0 Å². The molecule has 2 aromatic rings. The maximum absolute atomic E-state index is 12.8. The van der Waals surface area contributed by atoms with Crippen LogP contribution in [0.25, 0.3) is 0 Å². The number of benzene rings is 2. The van der Waals surface area contributed by atoms with Crippen molar-refractivity contribution >= 4 is 11.9 Å². The molecule has 2 N–H and O–H groups in total. The van der Waals surface area contributed by atoms with Gasteiger partial charge in [0.25, 0.3) is 5.91 Å². The minimum Gasteiger partial charge on any atom is -0.492 e. The lowest BCUT2D eigenvalue weighted by molar-refractivity contribution is -0.139. The molecule has 7 heteroatoms. The van der Waals surface area contributed by atoms with Crippen molar-refractivity contribution < 1.29 is 28.6 Å². The molecule has 0 aliphatic heterocycles. The molecule has 1 amide bonds. The van der Waals surface area contributed by atoms with Gasteiger partial charge in [-0.25, -0.2) is 9.18 Å². The molecule has 26 heavy (non-hydrogen) atoms. The molecule has 0 aliphatic rings. The summed E-state index contributed by atoms with van der Waals surface area (Å²) in [5.74, 6) is -0.696. The highest BCUT2D eigenvalue weighted by Gasteiger charge is 2.12. The monoisotopic (exact) mass is 361 g/mol. The Morgan fingerprint density at radius 3 is 2.27 bits per heavy atom. The van der Waals surface area contributed by atoms with Crippen molar-refractivity contribution in [2.45, 2.75) is 13.8 Å². The van der Waals surface area contributed by atoms with E-state index in [0.29, 0.717) is 28.2 Å². The molecule has 138 valence electrons. The van der Waals surface area contributed by atoms with E-state index in [-0.39, 0.29) is 24.9 Å². The molecule has 0 radical (unpaired) electrons. The summed E-state index contributed by atoms with van der Waals surface area (Å²) in [7, 11) is 0. The second kappa shape index (κ2) is 8.84. The third kappa shape index (κ3) is 5.47. The van der Waals surface area contributed by atoms with Crippen LogP contribution < -0.4 is 14.8 Å². The van der Waals surface area contributed by atoms with Gasteiger partial charge in [0.1, 0.15) is 23.9 Å². The third-order valence-corrected chi connectivity index (χ3v) is 3.53. The number of carboxylic acids is 1. The fourth-order valence-corrected chi connectivity index (χ4v) is 2.41. The first-order valence-corrected chi connectivity index (χ1v) is 7.99. The number of aryl methyl sites for hydroxylation is 2. The van der Waals surface area contributed by atoms with Gasteiger partial charge in [0.05, 0.1) is 6.54 Å². The number of aliphatic carboxylic acids is 1. The summed E-state index contributed by atoms with van der Waals surface area (Å²) in [5.41, 5.74) is 1.81. The minimum atomic E-state index is -1.06. The Labute approximate surface area is 150 Å². The number of carbonyl (C=O) groups is 2. The van der Waals surface area contributed by atoms with Crippen molar-refractivity contribution in [3.63, 3.8) is 0 Å². The van der Waals surface area contributed by atoms with Gasteiger partial charge in [-0.15, -0.1) is 0 Å². The Balaban J connectivity index is 1.88. The van der Waals surface area contributed by atoms with Crippen LogP contribution in [-0.2, 0) is 4.79 Å². The molecule has 0 spiro atoms. The van der Waals surface area contributed by atoms with Crippen molar-refractivity contribution in [3.05, 3.63) is 58.9 Å². The molecule has 0 aromatic heterocycles. The zero-order chi connectivity index (χ0) is 19.1. The molecule has 0 unspecified atom stereocenters. The topological polar surface area (TPSA) is 84.9 Å². The van der Waals surface area contributed by atoms with E-state index in [2.05, 4.69) is 5.32 Å². The van der Waals surface area contributed by atoms with E-state index in [0.717, 1.165) is 0 Å². The number of rotatable bonds is 8. The predicted molar refractivity (Wildman–Crippen MR) is 93.3 cm³/mol. The van der Waals surface area contributed by atoms with Crippen molar-refractivity contribution in [2.24, 2.45) is 0 Å². The quantitative estimate of drug-likeness (QED) is 0.706. The van der Waals surface area contributed by atoms with Crippen molar-refractivity contribution in [2.75, 3.05) is 19.8 Å². The van der Waals surface area contributed by atoms with E-state index in [1.165, 1.54) is 24.3 Å². The van der Waals surface area contributed by atoms with E-state index >= 15 is 0 Å². The Hall–Kier alpha value is -3.09. The first-order valence-electron chi connectivity index (χ1n) is 7.99. The molecular weight excluding hydrogens is 341 g/mol. The van der Waals surface area contributed by atoms with Crippen LogP contribution in [0.15, 0.2) is 36.4 Å². The van der Waals surface area contributed by atoms with E-state index in [9.17, 15) is 14.0 Å². The molecule has 0 bridgehead atoms. The normalized spacial score (nSPS) is 10.3. The Morgan fingerprint density at radius 2 is 1.69 bits per heavy atom. The zero-order valence-electron chi connectivity index (χ0n) is 14.5. The molecule has 0 saturated heterocycles. The predicted octanol–water partition coefficient (Wildman–Crippen LogP) is 2.71. The van der Waals surface area contributed by atoms with Gasteiger partial charge in [0.2, 0.25) is 0 Å². The average Bonchev–Trinajstić information content (AvgIpc) is 2.59. The molecule has 0 atom stereocenters. The number of carbonyl (C=O) groups excluding carboxylic acids is 1. The zero-order valence-corrected chi connectivity index (χ0v) is 14.5. The smallest absolute Gasteiger partial charge is 0.341 e. The molecule has 6 nitrogen and oxygen atoms in total. The second-order valence-electron chi connectivity index (χ2n) is 5.68. The number of ether oxygens (including phenoxy) is 2. The SMILES string of the molecule is Cc1cc(C(=O)NCCOc2ccc(F)cc2)cc(C)c1OCC(=O)O. The summed E-state index contributed by atoms with van der Waals surface area (Å²) in [6, 6.07) is 8.90. The van der Waals surface area contributed by atoms with E-state index < -0.39 is 12.6 Å². The highest BCUT2D eigenvalue weighted by molar-refractivity contribution is 5.94. The Bertz CT molecular complexity index is 766. The lowest BCUT2D eigenvalue weighted by Crippen LogP contribution is -2.28.